The van der Waals surface area contributed by atoms with Crippen molar-refractivity contribution >= 4 is 5.97 Å². The summed E-state index contributed by atoms with van der Waals surface area (Å²) in [5.41, 5.74) is 1.68. The van der Waals surface area contributed by atoms with Crippen LogP contribution in [0.2, 0.25) is 0 Å². The fourth-order valence-corrected chi connectivity index (χ4v) is 2.35. The van der Waals surface area contributed by atoms with Crippen LogP contribution < -0.4 is 5.32 Å². The third-order valence-corrected chi connectivity index (χ3v) is 3.30. The van der Waals surface area contributed by atoms with Crippen LogP contribution in [0.1, 0.15) is 17.2 Å². The number of carbonyl (C=O) groups is 1. The molecule has 0 saturated carbocycles. The summed E-state index contributed by atoms with van der Waals surface area (Å²) in [5.74, 6) is -1.92. The van der Waals surface area contributed by atoms with Crippen molar-refractivity contribution in [3.63, 3.8) is 0 Å². The lowest BCUT2D eigenvalue weighted by Crippen LogP contribution is -2.33. The molecule has 3 rings (SSSR count). The second-order valence-corrected chi connectivity index (χ2v) is 4.43. The zero-order valence-electron chi connectivity index (χ0n) is 10.0. The summed E-state index contributed by atoms with van der Waals surface area (Å²) < 4.78 is 15.2. The van der Waals surface area contributed by atoms with E-state index in [0.29, 0.717) is 30.0 Å². The second-order valence-electron chi connectivity index (χ2n) is 4.43. The summed E-state index contributed by atoms with van der Waals surface area (Å²) in [6, 6.07) is 6.30. The van der Waals surface area contributed by atoms with E-state index in [-0.39, 0.29) is 5.82 Å². The van der Waals surface area contributed by atoms with Crippen molar-refractivity contribution in [2.45, 2.75) is 12.5 Å². The fraction of sp³-hybridized carbons (Fsp3) is 0.231. The number of nitrogens with one attached hydrogen (secondary N) is 1. The van der Waals surface area contributed by atoms with Gasteiger partial charge in [-0.15, -0.1) is 0 Å². The third-order valence-electron chi connectivity index (χ3n) is 3.30. The molecule has 1 atom stereocenters. The van der Waals surface area contributed by atoms with E-state index in [4.69, 9.17) is 5.11 Å². The van der Waals surface area contributed by atoms with Crippen LogP contribution in [0.3, 0.4) is 0 Å². The summed E-state index contributed by atoms with van der Waals surface area (Å²) in [6.07, 6.45) is 1.52. The minimum atomic E-state index is -0.901. The van der Waals surface area contributed by atoms with Crippen LogP contribution in [0.25, 0.3) is 5.69 Å². The van der Waals surface area contributed by atoms with Gasteiger partial charge >= 0.3 is 5.97 Å². The van der Waals surface area contributed by atoms with Gasteiger partial charge in [0.2, 0.25) is 0 Å². The van der Waals surface area contributed by atoms with Crippen LogP contribution in [0.15, 0.2) is 30.5 Å². The minimum Gasteiger partial charge on any atom is -0.481 e. The highest BCUT2D eigenvalue weighted by Gasteiger charge is 2.29. The van der Waals surface area contributed by atoms with E-state index in [1.165, 1.54) is 16.9 Å². The molecule has 0 aliphatic carbocycles. The summed E-state index contributed by atoms with van der Waals surface area (Å²) in [4.78, 5) is 11.2. The number of carboxylic acid groups (broad SMARTS) is 1. The molecule has 1 aromatic carbocycles. The van der Waals surface area contributed by atoms with Gasteiger partial charge in [0, 0.05) is 18.7 Å². The summed E-state index contributed by atoms with van der Waals surface area (Å²) in [5, 5.41) is 16.3. The highest BCUT2D eigenvalue weighted by molar-refractivity contribution is 5.77. The maximum absolute atomic E-state index is 13.8. The molecular weight excluding hydrogens is 249 g/mol. The number of carboxylic acids is 1. The van der Waals surface area contributed by atoms with Gasteiger partial charge in [-0.1, -0.05) is 12.1 Å². The van der Waals surface area contributed by atoms with Gasteiger partial charge in [-0.05, 0) is 12.1 Å². The molecule has 0 fully saturated rings. The zero-order valence-corrected chi connectivity index (χ0v) is 10.0. The van der Waals surface area contributed by atoms with E-state index >= 15 is 0 Å². The van der Waals surface area contributed by atoms with Gasteiger partial charge in [0.15, 0.2) is 0 Å². The van der Waals surface area contributed by atoms with Gasteiger partial charge in [0.1, 0.15) is 11.5 Å². The summed E-state index contributed by atoms with van der Waals surface area (Å²) in [6.45, 7) is 0.846. The van der Waals surface area contributed by atoms with Gasteiger partial charge in [-0.3, -0.25) is 4.79 Å². The van der Waals surface area contributed by atoms with E-state index in [1.54, 1.807) is 18.2 Å². The number of fused-ring (bicyclic) bond motifs is 1. The minimum absolute atomic E-state index is 0.330. The number of para-hydroxylation sites is 1. The van der Waals surface area contributed by atoms with Crippen LogP contribution in [-0.2, 0) is 11.3 Å². The Hall–Kier alpha value is -2.21. The molecule has 0 radical (unpaired) electrons. The van der Waals surface area contributed by atoms with Gasteiger partial charge in [0.25, 0.3) is 0 Å². The Labute approximate surface area is 108 Å². The van der Waals surface area contributed by atoms with Crippen LogP contribution >= 0.6 is 0 Å². The molecule has 6 heteroatoms. The monoisotopic (exact) mass is 261 g/mol. The first-order chi connectivity index (χ1) is 9.18. The molecule has 2 heterocycles. The molecule has 0 bridgehead atoms. The smallest absolute Gasteiger partial charge is 0.312 e. The van der Waals surface area contributed by atoms with Crippen LogP contribution in [0.5, 0.6) is 0 Å². The van der Waals surface area contributed by atoms with Crippen molar-refractivity contribution in [2.24, 2.45) is 0 Å². The third kappa shape index (κ3) is 1.90. The lowest BCUT2D eigenvalue weighted by atomic mass is 9.96. The Morgan fingerprint density at radius 3 is 3.00 bits per heavy atom. The average Bonchev–Trinajstić information content (AvgIpc) is 2.82. The predicted molar refractivity (Wildman–Crippen MR) is 65.6 cm³/mol. The van der Waals surface area contributed by atoms with E-state index in [0.717, 1.165) is 0 Å². The molecule has 5 nitrogen and oxygen atoms in total. The first kappa shape index (κ1) is 11.9. The molecule has 1 aromatic heterocycles. The largest absolute Gasteiger partial charge is 0.481 e. The molecule has 2 aromatic rings. The maximum Gasteiger partial charge on any atom is 0.312 e. The lowest BCUT2D eigenvalue weighted by molar-refractivity contribution is -0.138. The normalized spacial score (nSPS) is 18.1. The molecule has 0 saturated heterocycles. The molecule has 98 valence electrons. The molecule has 0 spiro atoms. The predicted octanol–water partition coefficient (Wildman–Crippen LogP) is 1.28. The Bertz CT molecular complexity index is 639. The maximum atomic E-state index is 13.8. The lowest BCUT2D eigenvalue weighted by Gasteiger charge is -2.21. The molecule has 1 aliphatic rings. The Morgan fingerprint density at radius 2 is 2.26 bits per heavy atom. The van der Waals surface area contributed by atoms with Gasteiger partial charge in [0.05, 0.1) is 17.8 Å². The van der Waals surface area contributed by atoms with Gasteiger partial charge in [-0.25, -0.2) is 9.07 Å². The Kier molecular flexibility index (Phi) is 2.79. The number of aromatic nitrogens is 2. The highest BCUT2D eigenvalue weighted by Crippen LogP contribution is 2.26. The number of nitrogens with zero attached hydrogens (tertiary/aromatic N) is 2. The highest BCUT2D eigenvalue weighted by atomic mass is 19.1. The van der Waals surface area contributed by atoms with Gasteiger partial charge < -0.3 is 10.4 Å². The SMILES string of the molecule is O=C(O)C1CNCc2c1cnn2-c1ccccc1F. The molecule has 1 aliphatic heterocycles. The van der Waals surface area contributed by atoms with Crippen LogP contribution in [0, 0.1) is 5.82 Å². The number of benzene rings is 1. The quantitative estimate of drug-likeness (QED) is 0.854. The first-order valence-electron chi connectivity index (χ1n) is 5.93. The van der Waals surface area contributed by atoms with Crippen molar-refractivity contribution in [3.8, 4) is 5.69 Å². The first-order valence-corrected chi connectivity index (χ1v) is 5.93. The number of halogens is 1. The second kappa shape index (κ2) is 4.47. The fourth-order valence-electron chi connectivity index (χ4n) is 2.35. The number of aliphatic carboxylic acids is 1. The average molecular weight is 261 g/mol. The summed E-state index contributed by atoms with van der Waals surface area (Å²) in [7, 11) is 0. The van der Waals surface area contributed by atoms with Crippen molar-refractivity contribution < 1.29 is 14.3 Å². The van der Waals surface area contributed by atoms with E-state index in [2.05, 4.69) is 10.4 Å². The van der Waals surface area contributed by atoms with Gasteiger partial charge in [-0.2, -0.15) is 5.10 Å². The zero-order chi connectivity index (χ0) is 13.4. The Morgan fingerprint density at radius 1 is 1.47 bits per heavy atom. The molecule has 2 N–H and O–H groups in total. The Balaban J connectivity index is 2.11. The topological polar surface area (TPSA) is 67.2 Å². The van der Waals surface area contributed by atoms with E-state index in [1.807, 2.05) is 0 Å². The van der Waals surface area contributed by atoms with Crippen molar-refractivity contribution in [2.75, 3.05) is 6.54 Å². The molecular formula is C13H12FN3O2. The van der Waals surface area contributed by atoms with Crippen molar-refractivity contribution in [1.29, 1.82) is 0 Å². The van der Waals surface area contributed by atoms with E-state index in [9.17, 15) is 9.18 Å². The molecule has 0 amide bonds. The number of hydrogen-bond donors (Lipinski definition) is 2. The van der Waals surface area contributed by atoms with Crippen LogP contribution in [0.4, 0.5) is 4.39 Å². The standard InChI is InChI=1S/C13H12FN3O2/c14-10-3-1-2-4-11(10)17-12-7-15-5-9(13(18)19)8(12)6-16-17/h1-4,6,9,15H,5,7H2,(H,18,19). The molecule has 1 unspecified atom stereocenters. The van der Waals surface area contributed by atoms with Crippen LogP contribution in [-0.4, -0.2) is 27.4 Å². The number of hydrogen-bond acceptors (Lipinski definition) is 3. The summed E-state index contributed by atoms with van der Waals surface area (Å²) >= 11 is 0. The number of rotatable bonds is 2. The molecule has 19 heavy (non-hydrogen) atoms. The van der Waals surface area contributed by atoms with Crippen molar-refractivity contribution in [3.05, 3.63) is 47.5 Å². The van der Waals surface area contributed by atoms with Crippen molar-refractivity contribution in [1.82, 2.24) is 15.1 Å². The van der Waals surface area contributed by atoms with E-state index < -0.39 is 11.9 Å².